The van der Waals surface area contributed by atoms with Crippen LogP contribution in [0.3, 0.4) is 0 Å². The van der Waals surface area contributed by atoms with E-state index in [2.05, 4.69) is 32.6 Å². The van der Waals surface area contributed by atoms with E-state index in [0.717, 1.165) is 34.0 Å². The number of hydrogen-bond acceptors (Lipinski definition) is 0. The van der Waals surface area contributed by atoms with Crippen molar-refractivity contribution in [1.29, 1.82) is 0 Å². The van der Waals surface area contributed by atoms with Crippen molar-refractivity contribution in [1.82, 2.24) is 0 Å². The van der Waals surface area contributed by atoms with Gasteiger partial charge in [0.2, 0.25) is 0 Å². The van der Waals surface area contributed by atoms with Gasteiger partial charge in [0.1, 0.15) is 0 Å². The third kappa shape index (κ3) is 1.18. The Morgan fingerprint density at radius 1 is 0.913 bits per heavy atom. The fourth-order valence-electron chi connectivity index (χ4n) is 10.9. The van der Waals surface area contributed by atoms with E-state index in [1.165, 1.54) is 32.1 Å². The Morgan fingerprint density at radius 2 is 1.57 bits per heavy atom. The standard InChI is InChI=1S/C23H32/c1-4-6-8-21-12-19(3)13-22-15-23(14-19)17(21)10-20(7-5-2,9-16(21)22)11-18(22)23/h16-18H,4,6,8-15H2,1-3H3. The Labute approximate surface area is 142 Å². The quantitative estimate of drug-likeness (QED) is 0.577. The molecule has 0 nitrogen and oxygen atoms in total. The molecule has 4 unspecified atom stereocenters. The molecule has 124 valence electrons. The largest absolute Gasteiger partial charge is 0.106 e. The summed E-state index contributed by atoms with van der Waals surface area (Å²) in [4.78, 5) is 0. The highest BCUT2D eigenvalue weighted by Gasteiger charge is 2.89. The molecule has 2 spiro atoms. The fourth-order valence-corrected chi connectivity index (χ4v) is 10.9. The van der Waals surface area contributed by atoms with Gasteiger partial charge in [0.25, 0.3) is 0 Å². The van der Waals surface area contributed by atoms with Gasteiger partial charge in [-0.05, 0) is 97.7 Å². The Morgan fingerprint density at radius 3 is 2.17 bits per heavy atom. The molecule has 9 rings (SSSR count). The lowest BCUT2D eigenvalue weighted by Crippen LogP contribution is -2.86. The van der Waals surface area contributed by atoms with Crippen LogP contribution in [-0.4, -0.2) is 0 Å². The molecule has 0 saturated heterocycles. The molecule has 0 aromatic rings. The van der Waals surface area contributed by atoms with Gasteiger partial charge in [-0.1, -0.05) is 32.6 Å². The van der Waals surface area contributed by atoms with Crippen LogP contribution in [-0.2, 0) is 0 Å². The number of hydrogen-bond donors (Lipinski definition) is 0. The van der Waals surface area contributed by atoms with Gasteiger partial charge in [-0.15, -0.1) is 5.92 Å². The van der Waals surface area contributed by atoms with Crippen LogP contribution in [0.2, 0.25) is 0 Å². The molecule has 0 aromatic heterocycles. The van der Waals surface area contributed by atoms with Crippen LogP contribution < -0.4 is 0 Å². The molecule has 4 atom stereocenters. The first-order valence-electron chi connectivity index (χ1n) is 10.4. The molecule has 0 N–H and O–H groups in total. The summed E-state index contributed by atoms with van der Waals surface area (Å²) in [6, 6.07) is 0. The zero-order valence-corrected chi connectivity index (χ0v) is 15.3. The van der Waals surface area contributed by atoms with Crippen molar-refractivity contribution in [2.24, 2.45) is 44.8 Å². The van der Waals surface area contributed by atoms with E-state index in [9.17, 15) is 0 Å². The summed E-state index contributed by atoms with van der Waals surface area (Å²) in [6.45, 7) is 7.17. The predicted octanol–water partition coefficient (Wildman–Crippen LogP) is 5.81. The lowest BCUT2D eigenvalue weighted by Gasteiger charge is -2.93. The van der Waals surface area contributed by atoms with Crippen molar-refractivity contribution >= 4 is 0 Å². The molecule has 0 radical (unpaired) electrons. The highest BCUT2D eigenvalue weighted by molar-refractivity contribution is 5.40. The van der Waals surface area contributed by atoms with Crippen LogP contribution in [0.4, 0.5) is 0 Å². The van der Waals surface area contributed by atoms with Crippen molar-refractivity contribution < 1.29 is 0 Å². The second kappa shape index (κ2) is 3.57. The van der Waals surface area contributed by atoms with Gasteiger partial charge >= 0.3 is 0 Å². The van der Waals surface area contributed by atoms with Crippen LogP contribution >= 0.6 is 0 Å². The lowest BCUT2D eigenvalue weighted by atomic mass is 9.11. The van der Waals surface area contributed by atoms with E-state index in [-0.39, 0.29) is 0 Å². The third-order valence-corrected chi connectivity index (χ3v) is 10.3. The summed E-state index contributed by atoms with van der Waals surface area (Å²) < 4.78 is 0. The number of unbranched alkanes of at least 4 members (excludes halogenated alkanes) is 1. The van der Waals surface area contributed by atoms with Crippen molar-refractivity contribution in [3.63, 3.8) is 0 Å². The first-order chi connectivity index (χ1) is 11.0. The van der Waals surface area contributed by atoms with Crippen LogP contribution in [0.25, 0.3) is 0 Å². The summed E-state index contributed by atoms with van der Waals surface area (Å²) in [5, 5.41) is 0. The highest BCUT2D eigenvalue weighted by atomic mass is 14.9. The molecule has 9 aliphatic rings. The molecule has 23 heavy (non-hydrogen) atoms. The molecule has 8 bridgehead atoms. The zero-order valence-electron chi connectivity index (χ0n) is 15.3. The highest BCUT2D eigenvalue weighted by Crippen LogP contribution is 2.96. The average molecular weight is 309 g/mol. The van der Waals surface area contributed by atoms with Gasteiger partial charge in [0, 0.05) is 5.41 Å². The van der Waals surface area contributed by atoms with Crippen molar-refractivity contribution in [2.75, 3.05) is 0 Å². The SMILES string of the molecule is CC#CC12CC3C4(CCCC)CC5(C)CC36CC(C5)(C4C1)C6C2. The maximum absolute atomic E-state index is 3.78. The van der Waals surface area contributed by atoms with Gasteiger partial charge in [0.15, 0.2) is 0 Å². The number of rotatable bonds is 3. The Kier molecular flexibility index (Phi) is 2.14. The third-order valence-electron chi connectivity index (χ3n) is 10.3. The topological polar surface area (TPSA) is 0 Å². The first-order valence-corrected chi connectivity index (χ1v) is 10.4. The summed E-state index contributed by atoms with van der Waals surface area (Å²) in [6.07, 6.45) is 15.3. The molecule has 0 aliphatic heterocycles. The monoisotopic (exact) mass is 308 g/mol. The van der Waals surface area contributed by atoms with Crippen LogP contribution in [0.1, 0.15) is 85.0 Å². The first kappa shape index (κ1) is 13.8. The van der Waals surface area contributed by atoms with E-state index in [1.54, 1.807) is 32.1 Å². The van der Waals surface area contributed by atoms with Crippen molar-refractivity contribution in [3.8, 4) is 11.8 Å². The zero-order chi connectivity index (χ0) is 15.7. The second-order valence-corrected chi connectivity index (χ2v) is 11.2. The van der Waals surface area contributed by atoms with Crippen LogP contribution in [0, 0.1) is 56.7 Å². The van der Waals surface area contributed by atoms with E-state index in [4.69, 9.17) is 0 Å². The van der Waals surface area contributed by atoms with Gasteiger partial charge in [0.05, 0.1) is 0 Å². The second-order valence-electron chi connectivity index (χ2n) is 11.2. The maximum Gasteiger partial charge on any atom is 0.0323 e. The summed E-state index contributed by atoms with van der Waals surface area (Å²) >= 11 is 0. The van der Waals surface area contributed by atoms with Crippen LogP contribution in [0.5, 0.6) is 0 Å². The van der Waals surface area contributed by atoms with E-state index < -0.39 is 0 Å². The molecule has 0 heteroatoms. The minimum atomic E-state index is 0.447. The minimum Gasteiger partial charge on any atom is -0.106 e. The Bertz CT molecular complexity index is 629. The van der Waals surface area contributed by atoms with E-state index >= 15 is 0 Å². The Hall–Kier alpha value is -0.440. The van der Waals surface area contributed by atoms with Gasteiger partial charge in [-0.3, -0.25) is 0 Å². The lowest BCUT2D eigenvalue weighted by molar-refractivity contribution is -0.443. The maximum atomic E-state index is 3.78. The Balaban J connectivity index is 1.54. The van der Waals surface area contributed by atoms with E-state index in [0.29, 0.717) is 10.8 Å². The van der Waals surface area contributed by atoms with Crippen LogP contribution in [0.15, 0.2) is 0 Å². The van der Waals surface area contributed by atoms with Gasteiger partial charge in [-0.25, -0.2) is 0 Å². The van der Waals surface area contributed by atoms with Crippen molar-refractivity contribution in [3.05, 3.63) is 0 Å². The molecule has 0 amide bonds. The van der Waals surface area contributed by atoms with Crippen molar-refractivity contribution in [2.45, 2.75) is 85.0 Å². The molecule has 9 aliphatic carbocycles. The minimum absolute atomic E-state index is 0.447. The predicted molar refractivity (Wildman–Crippen MR) is 93.6 cm³/mol. The molecule has 0 heterocycles. The summed E-state index contributed by atoms with van der Waals surface area (Å²) in [7, 11) is 0. The average Bonchev–Trinajstić information content (AvgIpc) is 2.49. The molecular weight excluding hydrogens is 276 g/mol. The smallest absolute Gasteiger partial charge is 0.0323 e. The summed E-state index contributed by atoms with van der Waals surface area (Å²) in [5.74, 6) is 10.3. The summed E-state index contributed by atoms with van der Waals surface area (Å²) in [5.41, 5.74) is 3.48. The van der Waals surface area contributed by atoms with E-state index in [1.807, 2.05) is 0 Å². The molecule has 9 saturated carbocycles. The molecule has 9 fully saturated rings. The molecular formula is C23H32. The van der Waals surface area contributed by atoms with Gasteiger partial charge < -0.3 is 0 Å². The molecule has 0 aromatic carbocycles. The van der Waals surface area contributed by atoms with Gasteiger partial charge in [-0.2, -0.15) is 0 Å². The fraction of sp³-hybridized carbons (Fsp3) is 0.913. The normalized spacial score (nSPS) is 65.4.